The second-order valence-corrected chi connectivity index (χ2v) is 14.8. The minimum atomic E-state index is -1.10. The number of hydrogen-bond acceptors (Lipinski definition) is 8. The van der Waals surface area contributed by atoms with Crippen molar-refractivity contribution in [3.05, 3.63) is 35.9 Å². The third-order valence-electron chi connectivity index (χ3n) is 8.99. The summed E-state index contributed by atoms with van der Waals surface area (Å²) in [6, 6.07) is 7.40. The monoisotopic (exact) mass is 715 g/mol. The van der Waals surface area contributed by atoms with E-state index in [1.165, 1.54) is 49.8 Å². The summed E-state index contributed by atoms with van der Waals surface area (Å²) in [6.07, 6.45) is 14.2. The Kier molecular flexibility index (Phi) is 20.9. The number of piperidine rings is 1. The molecule has 11 heteroatoms. The summed E-state index contributed by atoms with van der Waals surface area (Å²) in [4.78, 5) is 66.1. The summed E-state index contributed by atoms with van der Waals surface area (Å²) in [5.41, 5.74) is 5.65. The van der Waals surface area contributed by atoms with Gasteiger partial charge < -0.3 is 25.3 Å². The number of nitrogens with zero attached hydrogens (tertiary/aromatic N) is 1. The molecule has 3 N–H and O–H groups in total. The Hall–Kier alpha value is -3.63. The predicted molar refractivity (Wildman–Crippen MR) is 197 cm³/mol. The molecule has 1 fully saturated rings. The number of likely N-dealkylation sites (tertiary alicyclic amines) is 1. The molecule has 1 heterocycles. The first-order valence-electron chi connectivity index (χ1n) is 19.4. The minimum Gasteiger partial charge on any atom is -0.461 e. The fourth-order valence-corrected chi connectivity index (χ4v) is 6.23. The van der Waals surface area contributed by atoms with Crippen LogP contribution in [0.15, 0.2) is 30.3 Å². The van der Waals surface area contributed by atoms with E-state index in [0.717, 1.165) is 44.1 Å². The van der Waals surface area contributed by atoms with Crippen LogP contribution in [0.2, 0.25) is 0 Å². The topological polar surface area (TPSA) is 154 Å². The van der Waals surface area contributed by atoms with Crippen molar-refractivity contribution in [2.45, 2.75) is 180 Å². The number of carbonyl (C=O) groups is 5. The molecule has 0 saturated carbocycles. The molecule has 0 aliphatic carbocycles. The number of carbonyl (C=O) groups excluding carboxylic acids is 5. The van der Waals surface area contributed by atoms with Crippen LogP contribution < -0.4 is 11.1 Å². The zero-order valence-electron chi connectivity index (χ0n) is 31.8. The highest BCUT2D eigenvalue weighted by Gasteiger charge is 2.37. The zero-order valence-corrected chi connectivity index (χ0v) is 31.8. The molecule has 3 amide bonds. The minimum absolute atomic E-state index is 0.0312. The van der Waals surface area contributed by atoms with Crippen LogP contribution in [0.1, 0.15) is 155 Å². The van der Waals surface area contributed by atoms with E-state index >= 15 is 0 Å². The molecule has 288 valence electrons. The summed E-state index contributed by atoms with van der Waals surface area (Å²) >= 11 is 0. The quantitative estimate of drug-likeness (QED) is 0.0628. The molecule has 2 rings (SSSR count). The van der Waals surface area contributed by atoms with Gasteiger partial charge in [0.25, 0.3) is 0 Å². The van der Waals surface area contributed by atoms with Crippen LogP contribution in [0.4, 0.5) is 4.79 Å². The molecule has 0 aromatic heterocycles. The van der Waals surface area contributed by atoms with E-state index in [9.17, 15) is 24.0 Å². The molecular weight excluding hydrogens is 650 g/mol. The maximum atomic E-state index is 13.7. The van der Waals surface area contributed by atoms with Crippen LogP contribution in [0, 0.1) is 0 Å². The Labute approximate surface area is 306 Å². The molecule has 0 bridgehead atoms. The first-order chi connectivity index (χ1) is 24.4. The van der Waals surface area contributed by atoms with E-state index < -0.39 is 53.6 Å². The maximum Gasteiger partial charge on any atom is 0.410 e. The molecule has 11 nitrogen and oxygen atoms in total. The number of nitrogens with two attached hydrogens (primary N) is 1. The molecule has 1 aliphatic rings. The number of nitrogens with one attached hydrogen (secondary N) is 1. The Morgan fingerprint density at radius 2 is 1.49 bits per heavy atom. The molecule has 1 saturated heterocycles. The van der Waals surface area contributed by atoms with Gasteiger partial charge in [0.2, 0.25) is 11.8 Å². The molecule has 1 aromatic rings. The van der Waals surface area contributed by atoms with Gasteiger partial charge >= 0.3 is 18.0 Å². The van der Waals surface area contributed by atoms with Crippen LogP contribution in [0.3, 0.4) is 0 Å². The smallest absolute Gasteiger partial charge is 0.410 e. The van der Waals surface area contributed by atoms with Gasteiger partial charge in [0, 0.05) is 13.0 Å². The van der Waals surface area contributed by atoms with E-state index in [0.29, 0.717) is 19.4 Å². The van der Waals surface area contributed by atoms with Crippen molar-refractivity contribution in [2.75, 3.05) is 6.54 Å². The molecule has 0 radical (unpaired) electrons. The average Bonchev–Trinajstić information content (AvgIpc) is 3.08. The number of hydrogen-bond donors (Lipinski definition) is 2. The summed E-state index contributed by atoms with van der Waals surface area (Å²) in [7, 11) is 0. The van der Waals surface area contributed by atoms with E-state index in [4.69, 9.17) is 19.9 Å². The number of esters is 2. The van der Waals surface area contributed by atoms with Crippen molar-refractivity contribution in [1.29, 1.82) is 0 Å². The highest BCUT2D eigenvalue weighted by molar-refractivity contribution is 5.90. The molecule has 1 aromatic carbocycles. The van der Waals surface area contributed by atoms with Crippen LogP contribution >= 0.6 is 0 Å². The standard InChI is InChI=1S/C40H65N3O8/c1-5-6-7-8-9-10-11-12-13-14-18-24-32(29-35(41)44)50-38(47)33(25-21-27-36(45)49-30-31-22-16-15-17-23-31)42-37(46)34-26-19-20-28-43(34)39(48)51-40(2,3)4/h15-17,22-23,32-34H,5-14,18-21,24-30H2,1-4H3,(H2,41,44)(H,42,46)/t32-,33-,34?/m0/s1. The fraction of sp³-hybridized carbons (Fsp3) is 0.725. The van der Waals surface area contributed by atoms with Crippen molar-refractivity contribution in [1.82, 2.24) is 10.2 Å². The van der Waals surface area contributed by atoms with Crippen molar-refractivity contribution >= 4 is 29.8 Å². The van der Waals surface area contributed by atoms with Crippen molar-refractivity contribution in [3.63, 3.8) is 0 Å². The highest BCUT2D eigenvalue weighted by atomic mass is 16.6. The van der Waals surface area contributed by atoms with Gasteiger partial charge in [0.05, 0.1) is 6.42 Å². The molecule has 3 atom stereocenters. The summed E-state index contributed by atoms with van der Waals surface area (Å²) in [5.74, 6) is -2.20. The summed E-state index contributed by atoms with van der Waals surface area (Å²) < 4.78 is 16.8. The lowest BCUT2D eigenvalue weighted by molar-refractivity contribution is -0.155. The van der Waals surface area contributed by atoms with Gasteiger partial charge in [-0.05, 0) is 71.3 Å². The van der Waals surface area contributed by atoms with E-state index in [-0.39, 0.29) is 32.3 Å². The van der Waals surface area contributed by atoms with Gasteiger partial charge in [-0.1, -0.05) is 101 Å². The Morgan fingerprint density at radius 3 is 2.10 bits per heavy atom. The lowest BCUT2D eigenvalue weighted by Gasteiger charge is -2.36. The van der Waals surface area contributed by atoms with Crippen LogP contribution in [0.5, 0.6) is 0 Å². The maximum absolute atomic E-state index is 13.7. The number of benzene rings is 1. The molecule has 0 spiro atoms. The van der Waals surface area contributed by atoms with Crippen LogP contribution in [-0.2, 0) is 40.0 Å². The second-order valence-electron chi connectivity index (χ2n) is 14.8. The Bertz CT molecular complexity index is 1190. The van der Waals surface area contributed by atoms with Crippen molar-refractivity contribution in [2.24, 2.45) is 5.73 Å². The number of rotatable bonds is 24. The van der Waals surface area contributed by atoms with Crippen LogP contribution in [0.25, 0.3) is 0 Å². The van der Waals surface area contributed by atoms with Gasteiger partial charge in [0.15, 0.2) is 0 Å². The molecule has 1 aliphatic heterocycles. The molecule has 51 heavy (non-hydrogen) atoms. The number of unbranched alkanes of at least 4 members (excludes halogenated alkanes) is 10. The number of amides is 3. The normalized spacial score (nSPS) is 15.8. The Morgan fingerprint density at radius 1 is 0.863 bits per heavy atom. The van der Waals surface area contributed by atoms with Crippen molar-refractivity contribution in [3.8, 4) is 0 Å². The van der Waals surface area contributed by atoms with E-state index in [1.54, 1.807) is 20.8 Å². The largest absolute Gasteiger partial charge is 0.461 e. The third kappa shape index (κ3) is 19.5. The number of ether oxygens (including phenoxy) is 3. The van der Waals surface area contributed by atoms with Crippen molar-refractivity contribution < 1.29 is 38.2 Å². The number of primary amides is 1. The van der Waals surface area contributed by atoms with Gasteiger partial charge in [-0.2, -0.15) is 0 Å². The first kappa shape index (κ1) is 43.5. The Balaban J connectivity index is 2.01. The van der Waals surface area contributed by atoms with E-state index in [2.05, 4.69) is 12.2 Å². The van der Waals surface area contributed by atoms with Crippen LogP contribution in [-0.4, -0.2) is 65.1 Å². The molecular formula is C40H65N3O8. The highest BCUT2D eigenvalue weighted by Crippen LogP contribution is 2.22. The second kappa shape index (κ2) is 24.5. The van der Waals surface area contributed by atoms with Gasteiger partial charge in [-0.25, -0.2) is 9.59 Å². The SMILES string of the molecule is CCCCCCCCCCCCC[C@@H](CC(N)=O)OC(=O)[C@H](CCCC(=O)OCc1ccccc1)NC(=O)C1CCCCN1C(=O)OC(C)(C)C. The van der Waals surface area contributed by atoms with Gasteiger partial charge in [0.1, 0.15) is 30.4 Å². The lowest BCUT2D eigenvalue weighted by Crippen LogP contribution is -2.56. The fourth-order valence-electron chi connectivity index (χ4n) is 6.23. The predicted octanol–water partition coefficient (Wildman–Crippen LogP) is 7.66. The zero-order chi connectivity index (χ0) is 37.5. The van der Waals surface area contributed by atoms with E-state index in [1.807, 2.05) is 30.3 Å². The van der Waals surface area contributed by atoms with Gasteiger partial charge in [-0.15, -0.1) is 0 Å². The summed E-state index contributed by atoms with van der Waals surface area (Å²) in [5, 5.41) is 2.81. The molecule has 1 unspecified atom stereocenters. The first-order valence-corrected chi connectivity index (χ1v) is 19.4. The summed E-state index contributed by atoms with van der Waals surface area (Å²) in [6.45, 7) is 8.01. The third-order valence-corrected chi connectivity index (χ3v) is 8.99. The van der Waals surface area contributed by atoms with Gasteiger partial charge in [-0.3, -0.25) is 19.3 Å². The lowest BCUT2D eigenvalue weighted by atomic mass is 10.0. The average molecular weight is 716 g/mol.